The van der Waals surface area contributed by atoms with Crippen LogP contribution in [-0.4, -0.2) is 34.2 Å². The quantitative estimate of drug-likeness (QED) is 0.681. The standard InChI is InChI=1S/C22H24N4O2.ClH/c1-12-3-5-14(6-4-12)19-11-18(20-13(2)26-28-22(20)25-19)21(27)24-17-9-15-7-8-16(10-17)23-15;/h3-6,11,15-17,23H,7-10H2,1-2H3,(H,24,27);1H. The number of nitrogens with one attached hydrogen (secondary N) is 2. The van der Waals surface area contributed by atoms with Gasteiger partial charge in [-0.3, -0.25) is 4.79 Å². The highest BCUT2D eigenvalue weighted by atomic mass is 35.5. The molecule has 1 amide bonds. The Bertz CT molecular complexity index is 1030. The number of nitrogens with zero attached hydrogens (tertiary/aromatic N) is 2. The Kier molecular flexibility index (Phi) is 5.32. The number of rotatable bonds is 3. The number of amides is 1. The zero-order valence-corrected chi connectivity index (χ0v) is 17.4. The van der Waals surface area contributed by atoms with Crippen molar-refractivity contribution in [3.05, 3.63) is 47.2 Å². The van der Waals surface area contributed by atoms with Gasteiger partial charge >= 0.3 is 0 Å². The molecular formula is C22H25ClN4O2. The molecule has 29 heavy (non-hydrogen) atoms. The normalized spacial score (nSPS) is 23.0. The SMILES string of the molecule is Cc1ccc(-c2cc(C(=O)NC3CC4CCC(C3)N4)c3c(C)noc3n2)cc1.Cl. The molecule has 1 aromatic carbocycles. The van der Waals surface area contributed by atoms with E-state index in [-0.39, 0.29) is 24.4 Å². The monoisotopic (exact) mass is 412 g/mol. The van der Waals surface area contributed by atoms with Crippen molar-refractivity contribution >= 4 is 29.4 Å². The lowest BCUT2D eigenvalue weighted by atomic mass is 9.98. The van der Waals surface area contributed by atoms with E-state index in [1.807, 2.05) is 44.2 Å². The number of carbonyl (C=O) groups excluding carboxylic acids is 1. The van der Waals surface area contributed by atoms with Crippen molar-refractivity contribution in [1.82, 2.24) is 20.8 Å². The van der Waals surface area contributed by atoms with Crippen molar-refractivity contribution in [1.29, 1.82) is 0 Å². The molecule has 2 saturated heterocycles. The van der Waals surface area contributed by atoms with Gasteiger partial charge in [-0.2, -0.15) is 0 Å². The van der Waals surface area contributed by atoms with Crippen molar-refractivity contribution in [2.45, 2.75) is 57.7 Å². The summed E-state index contributed by atoms with van der Waals surface area (Å²) < 4.78 is 5.41. The molecule has 4 heterocycles. The van der Waals surface area contributed by atoms with Gasteiger partial charge in [0.15, 0.2) is 0 Å². The summed E-state index contributed by atoms with van der Waals surface area (Å²) in [7, 11) is 0. The molecule has 2 N–H and O–H groups in total. The average molecular weight is 413 g/mol. The minimum absolute atomic E-state index is 0. The van der Waals surface area contributed by atoms with Crippen LogP contribution in [0.1, 0.15) is 47.3 Å². The number of hydrogen-bond donors (Lipinski definition) is 2. The molecule has 2 atom stereocenters. The minimum Gasteiger partial charge on any atom is -0.349 e. The molecule has 0 saturated carbocycles. The van der Waals surface area contributed by atoms with Gasteiger partial charge in [0.2, 0.25) is 0 Å². The lowest BCUT2D eigenvalue weighted by Crippen LogP contribution is -2.48. The van der Waals surface area contributed by atoms with Crippen molar-refractivity contribution in [2.75, 3.05) is 0 Å². The summed E-state index contributed by atoms with van der Waals surface area (Å²) in [5.74, 6) is -0.0710. The lowest BCUT2D eigenvalue weighted by Gasteiger charge is -2.29. The highest BCUT2D eigenvalue weighted by Gasteiger charge is 2.34. The van der Waals surface area contributed by atoms with Crippen LogP contribution >= 0.6 is 12.4 Å². The first-order valence-electron chi connectivity index (χ1n) is 9.98. The van der Waals surface area contributed by atoms with Crippen molar-refractivity contribution in [3.63, 3.8) is 0 Å². The maximum atomic E-state index is 13.2. The van der Waals surface area contributed by atoms with Crippen LogP contribution in [0.2, 0.25) is 0 Å². The second-order valence-electron chi connectivity index (χ2n) is 8.15. The van der Waals surface area contributed by atoms with E-state index in [9.17, 15) is 4.79 Å². The van der Waals surface area contributed by atoms with Gasteiger partial charge in [-0.15, -0.1) is 12.4 Å². The smallest absolute Gasteiger partial charge is 0.259 e. The number of aromatic nitrogens is 2. The Balaban J connectivity index is 0.00000205. The summed E-state index contributed by atoms with van der Waals surface area (Å²) in [6.07, 6.45) is 4.39. The molecule has 7 heteroatoms. The molecular weight excluding hydrogens is 388 g/mol. The Labute approximate surface area is 175 Å². The third-order valence-corrected chi connectivity index (χ3v) is 6.02. The van der Waals surface area contributed by atoms with Crippen molar-refractivity contribution in [3.8, 4) is 11.3 Å². The van der Waals surface area contributed by atoms with Gasteiger partial charge in [-0.05, 0) is 45.6 Å². The first kappa shape index (κ1) is 19.9. The summed E-state index contributed by atoms with van der Waals surface area (Å²) in [6, 6.07) is 11.2. The van der Waals surface area contributed by atoms with Crippen LogP contribution in [0.3, 0.4) is 0 Å². The van der Waals surface area contributed by atoms with E-state index in [1.165, 1.54) is 18.4 Å². The maximum Gasteiger partial charge on any atom is 0.259 e. The van der Waals surface area contributed by atoms with Crippen LogP contribution < -0.4 is 10.6 Å². The van der Waals surface area contributed by atoms with E-state index in [0.29, 0.717) is 34.4 Å². The third-order valence-electron chi connectivity index (χ3n) is 6.02. The molecule has 2 aliphatic rings. The summed E-state index contributed by atoms with van der Waals surface area (Å²) in [6.45, 7) is 3.89. The van der Waals surface area contributed by atoms with Gasteiger partial charge < -0.3 is 15.2 Å². The van der Waals surface area contributed by atoms with Crippen LogP contribution in [0.4, 0.5) is 0 Å². The van der Waals surface area contributed by atoms with Gasteiger partial charge in [0, 0.05) is 23.7 Å². The molecule has 0 radical (unpaired) electrons. The number of carbonyl (C=O) groups is 1. The number of halogens is 1. The van der Waals surface area contributed by atoms with Gasteiger partial charge in [0.05, 0.1) is 22.3 Å². The molecule has 2 bridgehead atoms. The van der Waals surface area contributed by atoms with Crippen LogP contribution in [0.15, 0.2) is 34.9 Å². The largest absolute Gasteiger partial charge is 0.349 e. The Morgan fingerprint density at radius 1 is 1.14 bits per heavy atom. The van der Waals surface area contributed by atoms with Crippen molar-refractivity contribution in [2.24, 2.45) is 0 Å². The first-order chi connectivity index (χ1) is 13.6. The zero-order valence-electron chi connectivity index (χ0n) is 16.6. The Morgan fingerprint density at radius 3 is 2.52 bits per heavy atom. The van der Waals surface area contributed by atoms with E-state index < -0.39 is 0 Å². The molecule has 3 aromatic rings. The van der Waals surface area contributed by atoms with E-state index in [1.54, 1.807) is 0 Å². The molecule has 6 nitrogen and oxygen atoms in total. The summed E-state index contributed by atoms with van der Waals surface area (Å²) in [4.78, 5) is 17.8. The number of benzene rings is 1. The van der Waals surface area contributed by atoms with E-state index in [0.717, 1.165) is 24.1 Å². The third kappa shape index (κ3) is 3.74. The van der Waals surface area contributed by atoms with Gasteiger partial charge in [0.1, 0.15) is 0 Å². The molecule has 2 fully saturated rings. The predicted octanol–water partition coefficient (Wildman–Crippen LogP) is 3.94. The molecule has 0 aliphatic carbocycles. The van der Waals surface area contributed by atoms with E-state index in [4.69, 9.17) is 4.52 Å². The fourth-order valence-electron chi connectivity index (χ4n) is 4.58. The number of fused-ring (bicyclic) bond motifs is 3. The molecule has 2 aromatic heterocycles. The summed E-state index contributed by atoms with van der Waals surface area (Å²) in [5.41, 5.74) is 4.54. The van der Waals surface area contributed by atoms with Crippen LogP contribution in [0.25, 0.3) is 22.4 Å². The molecule has 0 spiro atoms. The van der Waals surface area contributed by atoms with Crippen LogP contribution in [-0.2, 0) is 0 Å². The van der Waals surface area contributed by atoms with Crippen molar-refractivity contribution < 1.29 is 9.32 Å². The van der Waals surface area contributed by atoms with Gasteiger partial charge in [0.25, 0.3) is 11.6 Å². The predicted molar refractivity (Wildman–Crippen MR) is 114 cm³/mol. The van der Waals surface area contributed by atoms with Crippen LogP contribution in [0.5, 0.6) is 0 Å². The number of aryl methyl sites for hydroxylation is 2. The average Bonchev–Trinajstić information content (AvgIpc) is 3.23. The second kappa shape index (κ2) is 7.76. The first-order valence-corrected chi connectivity index (χ1v) is 9.98. The maximum absolute atomic E-state index is 13.2. The molecule has 152 valence electrons. The fourth-order valence-corrected chi connectivity index (χ4v) is 4.58. The highest BCUT2D eigenvalue weighted by molar-refractivity contribution is 6.07. The summed E-state index contributed by atoms with van der Waals surface area (Å²) in [5, 5.41) is 11.6. The topological polar surface area (TPSA) is 80.0 Å². The van der Waals surface area contributed by atoms with E-state index in [2.05, 4.69) is 20.8 Å². The minimum atomic E-state index is -0.0710. The number of hydrogen-bond acceptors (Lipinski definition) is 5. The summed E-state index contributed by atoms with van der Waals surface area (Å²) >= 11 is 0. The fraction of sp³-hybridized carbons (Fsp3) is 0.409. The lowest BCUT2D eigenvalue weighted by molar-refractivity contribution is 0.0925. The Hall–Kier alpha value is -2.44. The van der Waals surface area contributed by atoms with Gasteiger partial charge in [-0.25, -0.2) is 4.98 Å². The molecule has 5 rings (SSSR count). The molecule has 2 aliphatic heterocycles. The highest BCUT2D eigenvalue weighted by Crippen LogP contribution is 2.29. The Morgan fingerprint density at radius 2 is 1.83 bits per heavy atom. The zero-order chi connectivity index (χ0) is 19.3. The second-order valence-corrected chi connectivity index (χ2v) is 8.15. The van der Waals surface area contributed by atoms with Crippen LogP contribution in [0, 0.1) is 13.8 Å². The van der Waals surface area contributed by atoms with E-state index >= 15 is 0 Å². The number of piperidine rings is 1. The number of pyridine rings is 1. The molecule has 2 unspecified atom stereocenters. The van der Waals surface area contributed by atoms with Gasteiger partial charge in [-0.1, -0.05) is 35.0 Å².